The predicted octanol–water partition coefficient (Wildman–Crippen LogP) is 2.49. The number of piperazine rings is 1. The Bertz CT molecular complexity index is 521. The van der Waals surface area contributed by atoms with Crippen molar-refractivity contribution in [2.45, 2.75) is 25.0 Å². The van der Waals surface area contributed by atoms with Gasteiger partial charge in [-0.2, -0.15) is 11.3 Å². The average molecular weight is 323 g/mol. The minimum absolute atomic E-state index is 0.0268. The first-order chi connectivity index (χ1) is 10.1. The van der Waals surface area contributed by atoms with E-state index in [1.165, 1.54) is 5.17 Å². The van der Waals surface area contributed by atoms with Crippen LogP contribution in [0.5, 0.6) is 0 Å². The van der Waals surface area contributed by atoms with Crippen LogP contribution in [0.1, 0.15) is 25.3 Å². The van der Waals surface area contributed by atoms with Crippen molar-refractivity contribution in [3.05, 3.63) is 22.4 Å². The number of amidine groups is 1. The lowest BCUT2D eigenvalue weighted by Crippen LogP contribution is -2.50. The van der Waals surface area contributed by atoms with E-state index < -0.39 is 0 Å². The van der Waals surface area contributed by atoms with E-state index in [1.807, 2.05) is 29.0 Å². The molecule has 3 rings (SSSR count). The van der Waals surface area contributed by atoms with Crippen molar-refractivity contribution in [1.82, 2.24) is 9.80 Å². The third-order valence-electron chi connectivity index (χ3n) is 4.07. The molecule has 1 saturated heterocycles. The smallest absolute Gasteiger partial charge is 0.229 e. The van der Waals surface area contributed by atoms with Crippen molar-refractivity contribution in [1.29, 1.82) is 0 Å². The first-order valence-corrected chi connectivity index (χ1v) is 9.24. The summed E-state index contributed by atoms with van der Waals surface area (Å²) in [5, 5.41) is 5.87. The molecule has 1 aromatic rings. The average Bonchev–Trinajstić information content (AvgIpc) is 3.17. The molecule has 6 heteroatoms. The second-order valence-corrected chi connectivity index (χ2v) is 7.83. The van der Waals surface area contributed by atoms with Crippen LogP contribution in [0.2, 0.25) is 0 Å². The minimum Gasteiger partial charge on any atom is -0.348 e. The molecule has 1 amide bonds. The molecule has 0 spiro atoms. The van der Waals surface area contributed by atoms with Gasteiger partial charge in [0.05, 0.1) is 12.5 Å². The second-order valence-electron chi connectivity index (χ2n) is 5.64. The molecule has 2 unspecified atom stereocenters. The molecule has 1 fully saturated rings. The summed E-state index contributed by atoms with van der Waals surface area (Å²) in [6.45, 7) is 8.57. The molecular weight excluding hydrogens is 302 g/mol. The Labute approximate surface area is 134 Å². The summed E-state index contributed by atoms with van der Waals surface area (Å²) < 4.78 is 0. The molecule has 2 atom stereocenters. The fraction of sp³-hybridized carbons (Fsp3) is 0.600. The van der Waals surface area contributed by atoms with Gasteiger partial charge in [-0.15, -0.1) is 0 Å². The molecule has 21 heavy (non-hydrogen) atoms. The van der Waals surface area contributed by atoms with Gasteiger partial charge in [0, 0.05) is 31.4 Å². The lowest BCUT2D eigenvalue weighted by molar-refractivity contribution is -0.133. The number of carbonyl (C=O) groups is 1. The Morgan fingerprint density at radius 2 is 2.14 bits per heavy atom. The molecule has 114 valence electrons. The van der Waals surface area contributed by atoms with Gasteiger partial charge in [0.25, 0.3) is 0 Å². The van der Waals surface area contributed by atoms with Crippen LogP contribution in [0.3, 0.4) is 0 Å². The van der Waals surface area contributed by atoms with E-state index >= 15 is 0 Å². The van der Waals surface area contributed by atoms with E-state index in [-0.39, 0.29) is 11.8 Å². The first-order valence-electron chi connectivity index (χ1n) is 7.42. The molecule has 0 aromatic carbocycles. The Morgan fingerprint density at radius 1 is 1.38 bits per heavy atom. The highest BCUT2D eigenvalue weighted by atomic mass is 32.2. The van der Waals surface area contributed by atoms with Crippen LogP contribution in [0, 0.1) is 0 Å². The fourth-order valence-electron chi connectivity index (χ4n) is 2.69. The zero-order valence-corrected chi connectivity index (χ0v) is 14.1. The maximum absolute atomic E-state index is 12.6. The first kappa shape index (κ1) is 14.9. The third kappa shape index (κ3) is 3.26. The van der Waals surface area contributed by atoms with E-state index in [0.717, 1.165) is 38.3 Å². The number of amides is 1. The van der Waals surface area contributed by atoms with Crippen LogP contribution in [-0.2, 0) is 4.79 Å². The van der Waals surface area contributed by atoms with Gasteiger partial charge < -0.3 is 9.80 Å². The summed E-state index contributed by atoms with van der Waals surface area (Å²) in [4.78, 5) is 21.5. The highest BCUT2D eigenvalue weighted by Crippen LogP contribution is 2.25. The van der Waals surface area contributed by atoms with Crippen molar-refractivity contribution in [2.75, 3.05) is 32.7 Å². The lowest BCUT2D eigenvalue weighted by atomic mass is 10.0. The molecule has 2 aliphatic rings. The van der Waals surface area contributed by atoms with Gasteiger partial charge in [0.1, 0.15) is 0 Å². The number of nitrogens with zero attached hydrogens (tertiary/aromatic N) is 3. The van der Waals surface area contributed by atoms with E-state index in [1.54, 1.807) is 11.3 Å². The third-order valence-corrected chi connectivity index (χ3v) is 5.92. The van der Waals surface area contributed by atoms with E-state index in [2.05, 4.69) is 28.3 Å². The molecule has 0 N–H and O–H groups in total. The van der Waals surface area contributed by atoms with Crippen LogP contribution in [-0.4, -0.2) is 58.8 Å². The molecular formula is C15H21N3OS2. The standard InChI is InChI=1S/C15H21N3OS2/c1-11-9-16-15(21-11)18-6-4-17(5-7-18)14(19)12(2)13-3-8-20-10-13/h3,8,10-12H,4-7,9H2,1-2H3. The molecule has 0 saturated carbocycles. The van der Waals surface area contributed by atoms with Gasteiger partial charge in [-0.05, 0) is 29.3 Å². The normalized spacial score (nSPS) is 24.1. The Kier molecular flexibility index (Phi) is 4.54. The Balaban J connectivity index is 1.55. The lowest BCUT2D eigenvalue weighted by Gasteiger charge is -2.36. The maximum Gasteiger partial charge on any atom is 0.229 e. The number of thioether (sulfide) groups is 1. The van der Waals surface area contributed by atoms with Crippen molar-refractivity contribution >= 4 is 34.2 Å². The fourth-order valence-corrected chi connectivity index (χ4v) is 4.44. The van der Waals surface area contributed by atoms with E-state index in [0.29, 0.717) is 5.25 Å². The van der Waals surface area contributed by atoms with Crippen molar-refractivity contribution in [2.24, 2.45) is 4.99 Å². The summed E-state index contributed by atoms with van der Waals surface area (Å²) in [7, 11) is 0. The molecule has 2 aliphatic heterocycles. The molecule has 1 aromatic heterocycles. The van der Waals surface area contributed by atoms with Gasteiger partial charge in [0.15, 0.2) is 5.17 Å². The van der Waals surface area contributed by atoms with E-state index in [9.17, 15) is 4.79 Å². The highest BCUT2D eigenvalue weighted by molar-refractivity contribution is 8.14. The number of aliphatic imine (C=N–C) groups is 1. The SMILES string of the molecule is CC1CN=C(N2CCN(C(=O)C(C)c3ccsc3)CC2)S1. The van der Waals surface area contributed by atoms with Crippen molar-refractivity contribution < 1.29 is 4.79 Å². The number of hydrogen-bond donors (Lipinski definition) is 0. The topological polar surface area (TPSA) is 35.9 Å². The van der Waals surface area contributed by atoms with Gasteiger partial charge in [-0.3, -0.25) is 9.79 Å². The summed E-state index contributed by atoms with van der Waals surface area (Å²) >= 11 is 3.51. The van der Waals surface area contributed by atoms with E-state index in [4.69, 9.17) is 0 Å². The molecule has 0 aliphatic carbocycles. The number of thiophene rings is 1. The number of hydrogen-bond acceptors (Lipinski definition) is 5. The molecule has 0 bridgehead atoms. The maximum atomic E-state index is 12.6. The Morgan fingerprint density at radius 3 is 2.71 bits per heavy atom. The monoisotopic (exact) mass is 323 g/mol. The van der Waals surface area contributed by atoms with Gasteiger partial charge in [-0.25, -0.2) is 0 Å². The quantitative estimate of drug-likeness (QED) is 0.839. The zero-order chi connectivity index (χ0) is 14.8. The highest BCUT2D eigenvalue weighted by Gasteiger charge is 2.28. The number of rotatable bonds is 2. The van der Waals surface area contributed by atoms with Crippen LogP contribution in [0.25, 0.3) is 0 Å². The van der Waals surface area contributed by atoms with Gasteiger partial charge >= 0.3 is 0 Å². The Hall–Kier alpha value is -1.01. The van der Waals surface area contributed by atoms with Gasteiger partial charge in [-0.1, -0.05) is 18.7 Å². The molecule has 3 heterocycles. The van der Waals surface area contributed by atoms with Gasteiger partial charge in [0.2, 0.25) is 5.91 Å². The van der Waals surface area contributed by atoms with Crippen LogP contribution in [0.4, 0.5) is 0 Å². The second kappa shape index (κ2) is 6.40. The number of carbonyl (C=O) groups excluding carboxylic acids is 1. The summed E-state index contributed by atoms with van der Waals surface area (Å²) in [5.74, 6) is 0.225. The zero-order valence-electron chi connectivity index (χ0n) is 12.5. The van der Waals surface area contributed by atoms with Crippen molar-refractivity contribution in [3.63, 3.8) is 0 Å². The van der Waals surface area contributed by atoms with Crippen LogP contribution in [0.15, 0.2) is 21.8 Å². The molecule has 4 nitrogen and oxygen atoms in total. The summed E-state index contributed by atoms with van der Waals surface area (Å²) in [6.07, 6.45) is 0. The predicted molar refractivity (Wildman–Crippen MR) is 90.2 cm³/mol. The summed E-state index contributed by atoms with van der Waals surface area (Å²) in [6, 6.07) is 2.05. The molecule has 0 radical (unpaired) electrons. The summed E-state index contributed by atoms with van der Waals surface area (Å²) in [5.41, 5.74) is 1.14. The minimum atomic E-state index is -0.0268. The van der Waals surface area contributed by atoms with Crippen LogP contribution >= 0.6 is 23.1 Å². The van der Waals surface area contributed by atoms with Crippen molar-refractivity contribution in [3.8, 4) is 0 Å². The largest absolute Gasteiger partial charge is 0.348 e. The van der Waals surface area contributed by atoms with Crippen LogP contribution < -0.4 is 0 Å².